The van der Waals surface area contributed by atoms with Crippen LogP contribution in [0.25, 0.3) is 15.9 Å². The summed E-state index contributed by atoms with van der Waals surface area (Å²) in [5.41, 5.74) is 0.107. The topological polar surface area (TPSA) is 81.1 Å². The van der Waals surface area contributed by atoms with E-state index in [9.17, 15) is 26.4 Å². The summed E-state index contributed by atoms with van der Waals surface area (Å²) in [5, 5.41) is 7.55. The van der Waals surface area contributed by atoms with Crippen LogP contribution in [0.3, 0.4) is 0 Å². The summed E-state index contributed by atoms with van der Waals surface area (Å²) in [4.78, 5) is 13.6. The van der Waals surface area contributed by atoms with Gasteiger partial charge in [0.1, 0.15) is 4.83 Å². The molecule has 2 aromatic carbocycles. The van der Waals surface area contributed by atoms with Gasteiger partial charge in [0.15, 0.2) is 9.84 Å². The molecule has 0 aliphatic rings. The lowest BCUT2D eigenvalue weighted by atomic mass is 10.2. The summed E-state index contributed by atoms with van der Waals surface area (Å²) >= 11 is 1.05. The molecule has 11 heteroatoms. The lowest BCUT2D eigenvalue weighted by molar-refractivity contribution is -0.137. The number of sulfone groups is 1. The molecular weight excluding hydrogens is 463 g/mol. The number of anilines is 1. The smallest absolute Gasteiger partial charge is 0.320 e. The van der Waals surface area contributed by atoms with E-state index in [0.717, 1.165) is 29.7 Å². The molecular formula is C21H16F3N3O3S2. The first-order valence-electron chi connectivity index (χ1n) is 9.22. The Labute approximate surface area is 185 Å². The van der Waals surface area contributed by atoms with E-state index in [1.54, 1.807) is 25.1 Å². The zero-order chi connectivity index (χ0) is 23.3. The van der Waals surface area contributed by atoms with E-state index in [1.807, 2.05) is 0 Å². The number of thiophene rings is 1. The van der Waals surface area contributed by atoms with E-state index >= 15 is 0 Å². The Morgan fingerprint density at radius 1 is 1.09 bits per heavy atom. The van der Waals surface area contributed by atoms with Crippen molar-refractivity contribution < 1.29 is 26.4 Å². The maximum atomic E-state index is 13.1. The van der Waals surface area contributed by atoms with Gasteiger partial charge in [0.2, 0.25) is 0 Å². The number of aromatic nitrogens is 2. The van der Waals surface area contributed by atoms with Gasteiger partial charge < -0.3 is 5.32 Å². The number of rotatable bonds is 4. The van der Waals surface area contributed by atoms with Gasteiger partial charge >= 0.3 is 6.18 Å². The highest BCUT2D eigenvalue weighted by atomic mass is 32.2. The van der Waals surface area contributed by atoms with Crippen LogP contribution in [-0.4, -0.2) is 30.4 Å². The lowest BCUT2D eigenvalue weighted by Gasteiger charge is -2.09. The summed E-state index contributed by atoms with van der Waals surface area (Å²) in [6.45, 7) is 1.69. The fraction of sp³-hybridized carbons (Fsp3) is 0.143. The SMILES string of the molecule is Cc1nn(-c2cccc(C(F)(F)F)c2)c2sc(C(=O)Nc3ccccc3S(C)(=O)=O)cc12. The Morgan fingerprint density at radius 3 is 2.50 bits per heavy atom. The van der Waals surface area contributed by atoms with E-state index in [0.29, 0.717) is 15.9 Å². The molecule has 2 heterocycles. The Morgan fingerprint density at radius 2 is 1.81 bits per heavy atom. The number of hydrogen-bond acceptors (Lipinski definition) is 5. The van der Waals surface area contributed by atoms with Gasteiger partial charge in [0, 0.05) is 11.6 Å². The molecule has 1 N–H and O–H groups in total. The maximum absolute atomic E-state index is 13.1. The molecule has 0 unspecified atom stereocenters. The Bertz CT molecular complexity index is 1450. The summed E-state index contributed by atoms with van der Waals surface area (Å²) < 4.78 is 64.7. The first kappa shape index (κ1) is 22.0. The van der Waals surface area contributed by atoms with Crippen LogP contribution in [0, 0.1) is 6.92 Å². The number of carbonyl (C=O) groups excluding carboxylic acids is 1. The highest BCUT2D eigenvalue weighted by Crippen LogP contribution is 2.34. The molecule has 0 aliphatic heterocycles. The summed E-state index contributed by atoms with van der Waals surface area (Å²) in [7, 11) is -3.56. The molecule has 166 valence electrons. The van der Waals surface area contributed by atoms with Crippen molar-refractivity contribution in [2.75, 3.05) is 11.6 Å². The number of fused-ring (bicyclic) bond motifs is 1. The maximum Gasteiger partial charge on any atom is 0.416 e. The fourth-order valence-electron chi connectivity index (χ4n) is 3.23. The second-order valence-electron chi connectivity index (χ2n) is 7.10. The molecule has 0 bridgehead atoms. The number of aryl methyl sites for hydroxylation is 1. The van der Waals surface area contributed by atoms with Gasteiger partial charge in [0.25, 0.3) is 5.91 Å². The van der Waals surface area contributed by atoms with E-state index in [-0.39, 0.29) is 21.1 Å². The van der Waals surface area contributed by atoms with Gasteiger partial charge in [-0.15, -0.1) is 11.3 Å². The molecule has 0 fully saturated rings. The van der Waals surface area contributed by atoms with Gasteiger partial charge in [-0.25, -0.2) is 13.1 Å². The Balaban J connectivity index is 1.73. The molecule has 6 nitrogen and oxygen atoms in total. The normalized spacial score (nSPS) is 12.3. The van der Waals surface area contributed by atoms with Crippen LogP contribution in [0.2, 0.25) is 0 Å². The molecule has 0 aliphatic carbocycles. The van der Waals surface area contributed by atoms with Crippen LogP contribution < -0.4 is 5.32 Å². The van der Waals surface area contributed by atoms with E-state index < -0.39 is 27.5 Å². The largest absolute Gasteiger partial charge is 0.416 e. The third-order valence-electron chi connectivity index (χ3n) is 4.72. The van der Waals surface area contributed by atoms with Crippen molar-refractivity contribution in [3.05, 3.63) is 70.7 Å². The quantitative estimate of drug-likeness (QED) is 0.443. The second-order valence-corrected chi connectivity index (χ2v) is 10.1. The molecule has 32 heavy (non-hydrogen) atoms. The molecule has 0 radical (unpaired) electrons. The Kier molecular flexibility index (Phi) is 5.33. The molecule has 4 rings (SSSR count). The summed E-state index contributed by atoms with van der Waals surface area (Å²) in [6, 6.07) is 12.4. The third-order valence-corrected chi connectivity index (χ3v) is 6.99. The van der Waals surface area contributed by atoms with Crippen LogP contribution in [-0.2, 0) is 16.0 Å². The number of hydrogen-bond donors (Lipinski definition) is 1. The van der Waals surface area contributed by atoms with Crippen LogP contribution >= 0.6 is 11.3 Å². The van der Waals surface area contributed by atoms with Gasteiger partial charge in [-0.1, -0.05) is 18.2 Å². The highest BCUT2D eigenvalue weighted by Gasteiger charge is 2.31. The van der Waals surface area contributed by atoms with Crippen LogP contribution in [0.5, 0.6) is 0 Å². The van der Waals surface area contributed by atoms with E-state index in [1.165, 1.54) is 28.9 Å². The fourth-order valence-corrected chi connectivity index (χ4v) is 5.15. The van der Waals surface area contributed by atoms with Crippen LogP contribution in [0.4, 0.5) is 18.9 Å². The van der Waals surface area contributed by atoms with E-state index in [4.69, 9.17) is 0 Å². The number of halogens is 3. The number of nitrogens with one attached hydrogen (secondary N) is 1. The number of benzene rings is 2. The summed E-state index contributed by atoms with van der Waals surface area (Å²) in [5.74, 6) is -0.530. The number of alkyl halides is 3. The molecule has 0 spiro atoms. The van der Waals surface area contributed by atoms with Crippen molar-refractivity contribution >= 4 is 43.0 Å². The highest BCUT2D eigenvalue weighted by molar-refractivity contribution is 7.90. The zero-order valence-corrected chi connectivity index (χ0v) is 18.4. The Hall–Kier alpha value is -3.18. The van der Waals surface area contributed by atoms with Gasteiger partial charge in [0.05, 0.1) is 32.4 Å². The predicted molar refractivity (Wildman–Crippen MR) is 116 cm³/mol. The van der Waals surface area contributed by atoms with Crippen molar-refractivity contribution in [1.29, 1.82) is 0 Å². The minimum atomic E-state index is -4.50. The standard InChI is InChI=1S/C21H16F3N3O3S2/c1-12-15-11-17(19(28)25-16-8-3-4-9-18(16)32(2,29)30)31-20(15)27(26-12)14-7-5-6-13(10-14)21(22,23)24/h3-11H,1-2H3,(H,25,28). The van der Waals surface area contributed by atoms with Gasteiger partial charge in [-0.2, -0.15) is 18.3 Å². The summed E-state index contributed by atoms with van der Waals surface area (Å²) in [6.07, 6.45) is -3.45. The first-order chi connectivity index (χ1) is 14.9. The molecule has 4 aromatic rings. The van der Waals surface area contributed by atoms with Crippen LogP contribution in [0.1, 0.15) is 20.9 Å². The molecule has 0 atom stereocenters. The second kappa shape index (κ2) is 7.75. The monoisotopic (exact) mass is 479 g/mol. The minimum Gasteiger partial charge on any atom is -0.320 e. The number of carbonyl (C=O) groups is 1. The number of amides is 1. The zero-order valence-electron chi connectivity index (χ0n) is 16.8. The number of nitrogens with zero attached hydrogens (tertiary/aromatic N) is 2. The molecule has 2 aromatic heterocycles. The van der Waals surface area contributed by atoms with Crippen molar-refractivity contribution in [2.24, 2.45) is 0 Å². The van der Waals surface area contributed by atoms with Crippen molar-refractivity contribution in [3.63, 3.8) is 0 Å². The van der Waals surface area contributed by atoms with Gasteiger partial charge in [-0.3, -0.25) is 4.79 Å². The average molecular weight is 480 g/mol. The first-order valence-corrected chi connectivity index (χ1v) is 11.9. The van der Waals surface area contributed by atoms with Crippen molar-refractivity contribution in [3.8, 4) is 5.69 Å². The third kappa shape index (κ3) is 4.13. The minimum absolute atomic E-state index is 0.0132. The van der Waals surface area contributed by atoms with E-state index in [2.05, 4.69) is 10.4 Å². The predicted octanol–water partition coefficient (Wildman–Crippen LogP) is 5.07. The van der Waals surface area contributed by atoms with Crippen LogP contribution in [0.15, 0.2) is 59.5 Å². The lowest BCUT2D eigenvalue weighted by Crippen LogP contribution is -2.13. The average Bonchev–Trinajstić information content (AvgIpc) is 3.28. The number of para-hydroxylation sites is 1. The molecule has 1 amide bonds. The van der Waals surface area contributed by atoms with Crippen molar-refractivity contribution in [2.45, 2.75) is 18.0 Å². The van der Waals surface area contributed by atoms with Gasteiger partial charge in [-0.05, 0) is 43.3 Å². The molecule has 0 saturated carbocycles. The van der Waals surface area contributed by atoms with Crippen molar-refractivity contribution in [1.82, 2.24) is 9.78 Å². The molecule has 0 saturated heterocycles.